The normalized spacial score (nSPS) is 11.2. The van der Waals surface area contributed by atoms with Crippen LogP contribution in [0.5, 0.6) is 5.75 Å². The number of hydrogen-bond donors (Lipinski definition) is 1. The molecule has 0 bridgehead atoms. The molecule has 0 aliphatic heterocycles. The van der Waals surface area contributed by atoms with Crippen LogP contribution in [-0.2, 0) is 0 Å². The van der Waals surface area contributed by atoms with Crippen LogP contribution in [0.1, 0.15) is 10.4 Å². The van der Waals surface area contributed by atoms with E-state index in [0.29, 0.717) is 5.56 Å². The fraction of sp³-hybridized carbons (Fsp3) is 0.0769. The van der Waals surface area contributed by atoms with Gasteiger partial charge in [0.1, 0.15) is 17.6 Å². The fourth-order valence-electron chi connectivity index (χ4n) is 1.48. The molecule has 21 heavy (non-hydrogen) atoms. The lowest BCUT2D eigenvalue weighted by molar-refractivity contribution is -0.115. The molecule has 0 radical (unpaired) electrons. The first kappa shape index (κ1) is 14.6. The number of hydrogen-bond acceptors (Lipinski definition) is 4. The molecule has 0 fully saturated rings. The van der Waals surface area contributed by atoms with E-state index < -0.39 is 29.2 Å². The number of allylic oxidation sites excluding steroid dienone is 1. The second-order valence-electron chi connectivity index (χ2n) is 3.88. The van der Waals surface area contributed by atoms with Gasteiger partial charge in [0.25, 0.3) is 0 Å². The summed E-state index contributed by atoms with van der Waals surface area (Å²) in [6.07, 6.45) is -2.14. The van der Waals surface area contributed by atoms with Gasteiger partial charge < -0.3 is 14.3 Å². The standard InChI is InChI=1S/C13H8F3NO4/c1-7(13(14,15)16)21-10-3-2-8(6-9(10)12(18)19)11-17-4-5-20-11/h2-6H,1H2,(H,18,19). The van der Waals surface area contributed by atoms with Crippen LogP contribution in [0.3, 0.4) is 0 Å². The SMILES string of the molecule is C=C(Oc1ccc(-c2ncco2)cc1C(=O)O)C(F)(F)F. The van der Waals surface area contributed by atoms with Crippen molar-refractivity contribution in [3.63, 3.8) is 0 Å². The van der Waals surface area contributed by atoms with Crippen molar-refractivity contribution in [2.45, 2.75) is 6.18 Å². The Hall–Kier alpha value is -2.77. The van der Waals surface area contributed by atoms with Gasteiger partial charge in [-0.2, -0.15) is 13.2 Å². The van der Waals surface area contributed by atoms with E-state index in [9.17, 15) is 18.0 Å². The van der Waals surface area contributed by atoms with E-state index in [-0.39, 0.29) is 5.89 Å². The summed E-state index contributed by atoms with van der Waals surface area (Å²) in [6, 6.07) is 3.52. The van der Waals surface area contributed by atoms with Crippen molar-refractivity contribution in [2.24, 2.45) is 0 Å². The van der Waals surface area contributed by atoms with E-state index in [0.717, 1.165) is 12.1 Å². The molecule has 1 aromatic heterocycles. The average Bonchev–Trinajstić information content (AvgIpc) is 2.91. The third-order valence-electron chi connectivity index (χ3n) is 2.44. The maximum Gasteiger partial charge on any atom is 0.448 e. The molecule has 1 N–H and O–H groups in total. The maximum absolute atomic E-state index is 12.4. The molecule has 0 aliphatic rings. The molecule has 0 spiro atoms. The lowest BCUT2D eigenvalue weighted by Crippen LogP contribution is -2.17. The number of alkyl halides is 3. The van der Waals surface area contributed by atoms with Crippen molar-refractivity contribution in [3.8, 4) is 17.2 Å². The Morgan fingerprint density at radius 2 is 2.10 bits per heavy atom. The summed E-state index contributed by atoms with van der Waals surface area (Å²) in [6.45, 7) is 2.72. The van der Waals surface area contributed by atoms with Crippen LogP contribution in [0.2, 0.25) is 0 Å². The van der Waals surface area contributed by atoms with Crippen LogP contribution in [0.4, 0.5) is 13.2 Å². The number of aromatic carboxylic acids is 1. The zero-order valence-corrected chi connectivity index (χ0v) is 10.3. The number of carbonyl (C=O) groups is 1. The van der Waals surface area contributed by atoms with Gasteiger partial charge >= 0.3 is 12.1 Å². The molecule has 1 aromatic carbocycles. The predicted molar refractivity (Wildman–Crippen MR) is 64.7 cm³/mol. The van der Waals surface area contributed by atoms with Crippen LogP contribution in [0.15, 0.2) is 47.4 Å². The number of carboxylic acids is 1. The van der Waals surface area contributed by atoms with Gasteiger partial charge in [-0.05, 0) is 18.2 Å². The molecule has 0 aliphatic carbocycles. The van der Waals surface area contributed by atoms with Crippen molar-refractivity contribution < 1.29 is 32.2 Å². The van der Waals surface area contributed by atoms with E-state index >= 15 is 0 Å². The van der Waals surface area contributed by atoms with Crippen LogP contribution >= 0.6 is 0 Å². The Morgan fingerprint density at radius 1 is 1.38 bits per heavy atom. The van der Waals surface area contributed by atoms with Crippen molar-refractivity contribution in [3.05, 3.63) is 48.6 Å². The highest BCUT2D eigenvalue weighted by Crippen LogP contribution is 2.31. The van der Waals surface area contributed by atoms with Gasteiger partial charge in [0.2, 0.25) is 11.6 Å². The van der Waals surface area contributed by atoms with Gasteiger partial charge in [0, 0.05) is 5.56 Å². The lowest BCUT2D eigenvalue weighted by atomic mass is 10.1. The Balaban J connectivity index is 2.39. The smallest absolute Gasteiger partial charge is 0.448 e. The molecule has 110 valence electrons. The predicted octanol–water partition coefficient (Wildman–Crippen LogP) is 3.49. The molecule has 0 atom stereocenters. The zero-order chi connectivity index (χ0) is 15.6. The Bertz CT molecular complexity index is 677. The quantitative estimate of drug-likeness (QED) is 0.875. The van der Waals surface area contributed by atoms with E-state index in [1.165, 1.54) is 18.5 Å². The van der Waals surface area contributed by atoms with Crippen molar-refractivity contribution in [1.82, 2.24) is 4.98 Å². The van der Waals surface area contributed by atoms with Gasteiger partial charge in [-0.15, -0.1) is 0 Å². The van der Waals surface area contributed by atoms with Crippen molar-refractivity contribution in [1.29, 1.82) is 0 Å². The molecule has 0 unspecified atom stereocenters. The summed E-state index contributed by atoms with van der Waals surface area (Å²) >= 11 is 0. The molecule has 2 rings (SSSR count). The van der Waals surface area contributed by atoms with Gasteiger partial charge in [-0.1, -0.05) is 6.58 Å². The first-order valence-electron chi connectivity index (χ1n) is 5.50. The van der Waals surface area contributed by atoms with Gasteiger partial charge in [0.05, 0.1) is 6.20 Å². The molecule has 0 saturated heterocycles. The first-order valence-corrected chi connectivity index (χ1v) is 5.50. The van der Waals surface area contributed by atoms with Gasteiger partial charge in [-0.3, -0.25) is 0 Å². The zero-order valence-electron chi connectivity index (χ0n) is 10.3. The monoisotopic (exact) mass is 299 g/mol. The van der Waals surface area contributed by atoms with E-state index in [1.54, 1.807) is 0 Å². The lowest BCUT2D eigenvalue weighted by Gasteiger charge is -2.13. The van der Waals surface area contributed by atoms with Crippen LogP contribution in [-0.4, -0.2) is 22.2 Å². The third-order valence-corrected chi connectivity index (χ3v) is 2.44. The molecule has 8 heteroatoms. The first-order chi connectivity index (χ1) is 9.79. The number of nitrogens with zero attached hydrogens (tertiary/aromatic N) is 1. The molecular formula is C13H8F3NO4. The van der Waals surface area contributed by atoms with E-state index in [4.69, 9.17) is 9.52 Å². The third kappa shape index (κ3) is 3.22. The van der Waals surface area contributed by atoms with E-state index in [2.05, 4.69) is 16.3 Å². The second-order valence-corrected chi connectivity index (χ2v) is 3.88. The summed E-state index contributed by atoms with van der Waals surface area (Å²) in [7, 11) is 0. The van der Waals surface area contributed by atoms with Gasteiger partial charge in [-0.25, -0.2) is 9.78 Å². The average molecular weight is 299 g/mol. The summed E-state index contributed by atoms with van der Waals surface area (Å²) in [5, 5.41) is 9.06. The van der Waals surface area contributed by atoms with Crippen molar-refractivity contribution in [2.75, 3.05) is 0 Å². The maximum atomic E-state index is 12.4. The van der Waals surface area contributed by atoms with E-state index in [1.807, 2.05) is 0 Å². The number of oxazole rings is 1. The molecular weight excluding hydrogens is 291 g/mol. The Morgan fingerprint density at radius 3 is 2.62 bits per heavy atom. The topological polar surface area (TPSA) is 72.6 Å². The molecule has 5 nitrogen and oxygen atoms in total. The summed E-state index contributed by atoms with van der Waals surface area (Å²) in [4.78, 5) is 15.0. The van der Waals surface area contributed by atoms with Crippen molar-refractivity contribution >= 4 is 5.97 Å². The van der Waals surface area contributed by atoms with Crippen LogP contribution in [0.25, 0.3) is 11.5 Å². The Kier molecular flexibility index (Phi) is 3.70. The Labute approximate surface area is 116 Å². The second kappa shape index (κ2) is 5.31. The highest BCUT2D eigenvalue weighted by molar-refractivity contribution is 5.92. The minimum absolute atomic E-state index is 0.138. The number of halogens is 3. The number of rotatable bonds is 4. The summed E-state index contributed by atoms with van der Waals surface area (Å²) < 4.78 is 46.6. The fourth-order valence-corrected chi connectivity index (χ4v) is 1.48. The van der Waals surface area contributed by atoms with Gasteiger partial charge in [0.15, 0.2) is 0 Å². The number of benzene rings is 1. The number of aromatic nitrogens is 1. The largest absolute Gasteiger partial charge is 0.478 e. The highest BCUT2D eigenvalue weighted by Gasteiger charge is 2.35. The molecule has 0 saturated carbocycles. The highest BCUT2D eigenvalue weighted by atomic mass is 19.4. The molecule has 0 amide bonds. The molecule has 2 aromatic rings. The number of ether oxygens (including phenoxy) is 1. The minimum Gasteiger partial charge on any atom is -0.478 e. The van der Waals surface area contributed by atoms with Crippen LogP contribution in [0, 0.1) is 0 Å². The summed E-state index contributed by atoms with van der Waals surface area (Å²) in [5.74, 6) is -3.29. The summed E-state index contributed by atoms with van der Waals surface area (Å²) in [5.41, 5.74) is -0.168. The van der Waals surface area contributed by atoms with Crippen LogP contribution < -0.4 is 4.74 Å². The number of carboxylic acid groups (broad SMARTS) is 1. The minimum atomic E-state index is -4.78. The molecule has 1 heterocycles.